The largest absolute Gasteiger partial charge is 0.355 e. The molecular weight excluding hydrogens is 356 g/mol. The normalized spacial score (nSPS) is 11.7. The lowest BCUT2D eigenvalue weighted by Crippen LogP contribution is -2.13. The second kappa shape index (κ2) is 6.31. The van der Waals surface area contributed by atoms with Crippen molar-refractivity contribution < 1.29 is 12.9 Å². The van der Waals surface area contributed by atoms with Crippen molar-refractivity contribution in [3.05, 3.63) is 51.5 Å². The van der Waals surface area contributed by atoms with Gasteiger partial charge in [0.15, 0.2) is 5.76 Å². The number of hydrogen-bond acceptors (Lipinski definition) is 5. The molecule has 0 unspecified atom stereocenters. The molecule has 0 spiro atoms. The molecule has 0 fully saturated rings. The van der Waals surface area contributed by atoms with Gasteiger partial charge in [-0.15, -0.1) is 11.3 Å². The van der Waals surface area contributed by atoms with E-state index in [4.69, 9.17) is 4.52 Å². The third-order valence-electron chi connectivity index (χ3n) is 4.02. The number of anilines is 1. The summed E-state index contributed by atoms with van der Waals surface area (Å²) in [4.78, 5) is 1.73. The SMILES string of the molecule is Cc1cc(C)cc(NS(=O)(=O)c2cc(-c3onc(C)c3C)sc2C)c1. The first-order valence-corrected chi connectivity index (χ1v) is 10.1. The number of benzene rings is 1. The third-order valence-corrected chi connectivity index (χ3v) is 6.70. The molecule has 2 aromatic heterocycles. The average molecular weight is 377 g/mol. The first kappa shape index (κ1) is 17.7. The van der Waals surface area contributed by atoms with Crippen LogP contribution in [0, 0.1) is 34.6 Å². The molecule has 0 aliphatic heterocycles. The fourth-order valence-corrected chi connectivity index (χ4v) is 5.40. The van der Waals surface area contributed by atoms with Gasteiger partial charge in [0.05, 0.1) is 10.6 Å². The first-order chi connectivity index (χ1) is 11.7. The molecule has 1 aromatic carbocycles. The molecule has 0 amide bonds. The van der Waals surface area contributed by atoms with E-state index in [-0.39, 0.29) is 4.90 Å². The Balaban J connectivity index is 1.99. The maximum Gasteiger partial charge on any atom is 0.263 e. The summed E-state index contributed by atoms with van der Waals surface area (Å²) in [6.07, 6.45) is 0. The molecule has 0 atom stereocenters. The summed E-state index contributed by atoms with van der Waals surface area (Å²) in [7, 11) is -3.67. The number of nitrogens with one attached hydrogen (secondary N) is 1. The van der Waals surface area contributed by atoms with E-state index in [9.17, 15) is 8.42 Å². The quantitative estimate of drug-likeness (QED) is 0.713. The minimum absolute atomic E-state index is 0.264. The second-order valence-corrected chi connectivity index (χ2v) is 9.14. The van der Waals surface area contributed by atoms with Crippen molar-refractivity contribution in [1.82, 2.24) is 5.16 Å². The molecule has 3 aromatic rings. The van der Waals surface area contributed by atoms with Crippen LogP contribution in [0.2, 0.25) is 0 Å². The molecule has 0 aliphatic carbocycles. The van der Waals surface area contributed by atoms with E-state index in [2.05, 4.69) is 9.88 Å². The van der Waals surface area contributed by atoms with E-state index in [1.807, 2.05) is 45.9 Å². The van der Waals surface area contributed by atoms with Gasteiger partial charge in [0.1, 0.15) is 4.90 Å². The summed E-state index contributed by atoms with van der Waals surface area (Å²) in [6.45, 7) is 9.45. The molecule has 0 saturated carbocycles. The highest BCUT2D eigenvalue weighted by Crippen LogP contribution is 2.36. The van der Waals surface area contributed by atoms with Gasteiger partial charge in [-0.25, -0.2) is 8.42 Å². The third kappa shape index (κ3) is 3.48. The van der Waals surface area contributed by atoms with Crippen molar-refractivity contribution in [3.63, 3.8) is 0 Å². The summed E-state index contributed by atoms with van der Waals surface area (Å²) in [5.41, 5.74) is 4.31. The minimum Gasteiger partial charge on any atom is -0.355 e. The molecule has 0 saturated heterocycles. The van der Waals surface area contributed by atoms with E-state index in [0.717, 1.165) is 27.3 Å². The minimum atomic E-state index is -3.67. The van der Waals surface area contributed by atoms with Gasteiger partial charge in [-0.05, 0) is 63.9 Å². The lowest BCUT2D eigenvalue weighted by molar-refractivity contribution is 0.427. The molecular formula is C18H20N2O3S2. The van der Waals surface area contributed by atoms with Crippen LogP contribution in [0.1, 0.15) is 27.3 Å². The van der Waals surface area contributed by atoms with Crippen LogP contribution >= 0.6 is 11.3 Å². The highest BCUT2D eigenvalue weighted by molar-refractivity contribution is 7.93. The van der Waals surface area contributed by atoms with Crippen molar-refractivity contribution in [1.29, 1.82) is 0 Å². The Morgan fingerprint density at radius 1 is 1.00 bits per heavy atom. The van der Waals surface area contributed by atoms with E-state index < -0.39 is 10.0 Å². The number of nitrogens with zero attached hydrogens (tertiary/aromatic N) is 1. The maximum absolute atomic E-state index is 12.8. The van der Waals surface area contributed by atoms with Crippen LogP contribution in [0.4, 0.5) is 5.69 Å². The van der Waals surface area contributed by atoms with Gasteiger partial charge in [0.25, 0.3) is 10.0 Å². The standard InChI is InChI=1S/C18H20N2O3S2/c1-10-6-11(2)8-15(7-10)20-25(21,22)17-9-16(24-14(17)5)18-12(3)13(4)19-23-18/h6-9,20H,1-5H3. The Morgan fingerprint density at radius 2 is 1.64 bits per heavy atom. The summed E-state index contributed by atoms with van der Waals surface area (Å²) in [6, 6.07) is 7.28. The molecule has 7 heteroatoms. The molecule has 132 valence electrons. The summed E-state index contributed by atoms with van der Waals surface area (Å²) in [5.74, 6) is 0.624. The fraction of sp³-hybridized carbons (Fsp3) is 0.278. The van der Waals surface area contributed by atoms with Crippen molar-refractivity contribution in [2.24, 2.45) is 0 Å². The summed E-state index contributed by atoms with van der Waals surface area (Å²) >= 11 is 1.39. The Kier molecular flexibility index (Phi) is 4.47. The van der Waals surface area contributed by atoms with Crippen molar-refractivity contribution in [2.45, 2.75) is 39.5 Å². The molecule has 3 rings (SSSR count). The monoisotopic (exact) mass is 376 g/mol. The molecule has 2 heterocycles. The second-order valence-electron chi connectivity index (χ2n) is 6.24. The van der Waals surface area contributed by atoms with Gasteiger partial charge >= 0.3 is 0 Å². The predicted molar refractivity (Wildman–Crippen MR) is 101 cm³/mol. The van der Waals surface area contributed by atoms with Gasteiger partial charge in [-0.2, -0.15) is 0 Å². The van der Waals surface area contributed by atoms with Gasteiger partial charge in [-0.1, -0.05) is 11.2 Å². The molecule has 25 heavy (non-hydrogen) atoms. The predicted octanol–water partition coefficient (Wildman–Crippen LogP) is 4.75. The zero-order chi connectivity index (χ0) is 18.4. The van der Waals surface area contributed by atoms with Gasteiger partial charge < -0.3 is 4.52 Å². The van der Waals surface area contributed by atoms with Crippen LogP contribution in [0.3, 0.4) is 0 Å². The Labute approximate surface area is 151 Å². The van der Waals surface area contributed by atoms with Crippen molar-refractivity contribution in [2.75, 3.05) is 4.72 Å². The van der Waals surface area contributed by atoms with Crippen LogP contribution < -0.4 is 4.72 Å². The Bertz CT molecular complexity index is 1030. The van der Waals surface area contributed by atoms with Crippen LogP contribution in [-0.2, 0) is 10.0 Å². The first-order valence-electron chi connectivity index (χ1n) is 7.82. The molecule has 5 nitrogen and oxygen atoms in total. The maximum atomic E-state index is 12.8. The van der Waals surface area contributed by atoms with Crippen molar-refractivity contribution >= 4 is 27.0 Å². The Morgan fingerprint density at radius 3 is 2.20 bits per heavy atom. The van der Waals surface area contributed by atoms with Gasteiger partial charge in [0, 0.05) is 16.1 Å². The van der Waals surface area contributed by atoms with Crippen molar-refractivity contribution in [3.8, 4) is 10.6 Å². The van der Waals surface area contributed by atoms with E-state index in [0.29, 0.717) is 16.3 Å². The molecule has 0 aliphatic rings. The van der Waals surface area contributed by atoms with Crippen LogP contribution in [0.15, 0.2) is 33.7 Å². The average Bonchev–Trinajstić information content (AvgIpc) is 3.02. The lowest BCUT2D eigenvalue weighted by Gasteiger charge is -2.09. The van der Waals surface area contributed by atoms with Crippen LogP contribution in [0.25, 0.3) is 10.6 Å². The molecule has 1 N–H and O–H groups in total. The van der Waals surface area contributed by atoms with Crippen LogP contribution in [0.5, 0.6) is 0 Å². The van der Waals surface area contributed by atoms with Crippen LogP contribution in [-0.4, -0.2) is 13.6 Å². The number of hydrogen-bond donors (Lipinski definition) is 1. The highest BCUT2D eigenvalue weighted by Gasteiger charge is 2.23. The zero-order valence-electron chi connectivity index (χ0n) is 14.8. The number of sulfonamides is 1. The van der Waals surface area contributed by atoms with Gasteiger partial charge in [0.2, 0.25) is 0 Å². The van der Waals surface area contributed by atoms with E-state index in [1.54, 1.807) is 13.0 Å². The summed E-state index contributed by atoms with van der Waals surface area (Å²) in [5, 5.41) is 3.95. The number of aryl methyl sites for hydroxylation is 4. The fourth-order valence-electron chi connectivity index (χ4n) is 2.73. The zero-order valence-corrected chi connectivity index (χ0v) is 16.4. The topological polar surface area (TPSA) is 72.2 Å². The van der Waals surface area contributed by atoms with Gasteiger partial charge in [-0.3, -0.25) is 4.72 Å². The number of rotatable bonds is 4. The highest BCUT2D eigenvalue weighted by atomic mass is 32.2. The van der Waals surface area contributed by atoms with E-state index >= 15 is 0 Å². The smallest absolute Gasteiger partial charge is 0.263 e. The lowest BCUT2D eigenvalue weighted by atomic mass is 10.1. The number of thiophene rings is 1. The Hall–Kier alpha value is -2.12. The number of aromatic nitrogens is 1. The molecule has 0 bridgehead atoms. The summed E-state index contributed by atoms with van der Waals surface area (Å²) < 4.78 is 33.7. The van der Waals surface area contributed by atoms with E-state index in [1.165, 1.54) is 11.3 Å². The molecule has 0 radical (unpaired) electrons.